The summed E-state index contributed by atoms with van der Waals surface area (Å²) >= 11 is 1.85. The van der Waals surface area contributed by atoms with Gasteiger partial charge in [0.25, 0.3) is 0 Å². The van der Waals surface area contributed by atoms with Crippen LogP contribution in [0.5, 0.6) is 0 Å². The van der Waals surface area contributed by atoms with E-state index in [1.54, 1.807) is 12.1 Å². The first-order valence-electron chi connectivity index (χ1n) is 11.4. The van der Waals surface area contributed by atoms with Gasteiger partial charge < -0.3 is 5.32 Å². The number of aromatic nitrogens is 1. The average molecular weight is 480 g/mol. The van der Waals surface area contributed by atoms with Gasteiger partial charge in [-0.1, -0.05) is 31.4 Å². The molecule has 1 saturated carbocycles. The molecule has 0 saturated heterocycles. The van der Waals surface area contributed by atoms with Crippen molar-refractivity contribution in [2.75, 3.05) is 18.9 Å². The van der Waals surface area contributed by atoms with Crippen LogP contribution in [-0.4, -0.2) is 28.8 Å². The second kappa shape index (κ2) is 13.4. The van der Waals surface area contributed by atoms with E-state index in [1.165, 1.54) is 55.4 Å². The third-order valence-electron chi connectivity index (χ3n) is 6.14. The van der Waals surface area contributed by atoms with E-state index in [2.05, 4.69) is 20.9 Å². The summed E-state index contributed by atoms with van der Waals surface area (Å²) in [5, 5.41) is 3.25. The Morgan fingerprint density at radius 2 is 1.91 bits per heavy atom. The van der Waals surface area contributed by atoms with Gasteiger partial charge in [0.1, 0.15) is 12.4 Å². The van der Waals surface area contributed by atoms with E-state index in [4.69, 9.17) is 4.89 Å². The Kier molecular flexibility index (Phi) is 10.5. The number of unbranched alkanes of at least 4 members (excludes halogenated alkanes) is 1. The van der Waals surface area contributed by atoms with E-state index < -0.39 is 8.25 Å². The Balaban J connectivity index is 1.33. The molecule has 1 aliphatic rings. The van der Waals surface area contributed by atoms with Crippen molar-refractivity contribution < 1.29 is 18.4 Å². The van der Waals surface area contributed by atoms with Crippen molar-refractivity contribution in [1.29, 1.82) is 0 Å². The first kappa shape index (κ1) is 25.3. The summed E-state index contributed by atoms with van der Waals surface area (Å²) in [5.41, 5.74) is 2.54. The average Bonchev–Trinajstić information content (AvgIpc) is 3.27. The highest BCUT2D eigenvalue weighted by molar-refractivity contribution is 7.99. The third kappa shape index (κ3) is 8.20. The molecule has 3 rings (SSSR count). The molecule has 1 heterocycles. The molecule has 32 heavy (non-hydrogen) atoms. The van der Waals surface area contributed by atoms with Gasteiger partial charge in [0.05, 0.1) is 5.69 Å². The van der Waals surface area contributed by atoms with Gasteiger partial charge in [-0.3, -0.25) is 4.98 Å². The lowest BCUT2D eigenvalue weighted by atomic mass is 9.75. The lowest BCUT2D eigenvalue weighted by Crippen LogP contribution is -2.22. The number of hydrogen-bond acceptors (Lipinski definition) is 5. The van der Waals surface area contributed by atoms with E-state index in [-0.39, 0.29) is 17.8 Å². The van der Waals surface area contributed by atoms with Crippen LogP contribution in [0.25, 0.3) is 0 Å². The lowest BCUT2D eigenvalue weighted by Gasteiger charge is -2.30. The molecule has 0 radical (unpaired) electrons. The van der Waals surface area contributed by atoms with Crippen molar-refractivity contribution in [3.63, 3.8) is 0 Å². The van der Waals surface area contributed by atoms with Crippen LogP contribution in [0.2, 0.25) is 0 Å². The molecule has 1 aliphatic carbocycles. The SMILES string of the molecule is O=[P+](O)OCCCNCc1ccc(SCCCCC2(c3ccc(F)cc3)CCCC2)cn1. The Bertz CT molecular complexity index is 830. The molecule has 0 amide bonds. The molecular formula is C24H33FN2O3PS+. The van der Waals surface area contributed by atoms with Gasteiger partial charge in [-0.05, 0) is 79.6 Å². The topological polar surface area (TPSA) is 71.5 Å². The smallest absolute Gasteiger partial charge is 0.311 e. The Morgan fingerprint density at radius 3 is 2.59 bits per heavy atom. The number of rotatable bonds is 14. The Labute approximate surface area is 195 Å². The van der Waals surface area contributed by atoms with Gasteiger partial charge in [-0.25, -0.2) is 4.39 Å². The van der Waals surface area contributed by atoms with Crippen molar-refractivity contribution >= 4 is 20.0 Å². The molecule has 1 unspecified atom stereocenters. The van der Waals surface area contributed by atoms with Gasteiger partial charge >= 0.3 is 8.25 Å². The summed E-state index contributed by atoms with van der Waals surface area (Å²) < 4.78 is 28.4. The number of hydrogen-bond donors (Lipinski definition) is 2. The van der Waals surface area contributed by atoms with Gasteiger partial charge in [-0.2, -0.15) is 0 Å². The number of pyridine rings is 1. The van der Waals surface area contributed by atoms with Crippen LogP contribution in [-0.2, 0) is 21.0 Å². The van der Waals surface area contributed by atoms with Gasteiger partial charge in [0.15, 0.2) is 0 Å². The minimum atomic E-state index is -2.50. The molecule has 0 aliphatic heterocycles. The van der Waals surface area contributed by atoms with Gasteiger partial charge in [-0.15, -0.1) is 21.2 Å². The molecule has 1 aromatic heterocycles. The van der Waals surface area contributed by atoms with Crippen molar-refractivity contribution in [2.45, 2.75) is 68.2 Å². The van der Waals surface area contributed by atoms with E-state index in [0.29, 0.717) is 19.5 Å². The fourth-order valence-corrected chi connectivity index (χ4v) is 5.61. The third-order valence-corrected chi connectivity index (χ3v) is 7.61. The summed E-state index contributed by atoms with van der Waals surface area (Å²) in [6.07, 6.45) is 11.1. The number of nitrogens with zero attached hydrogens (tertiary/aromatic N) is 1. The number of nitrogens with one attached hydrogen (secondary N) is 1. The maximum atomic E-state index is 13.3. The molecule has 8 heteroatoms. The number of benzene rings is 1. The zero-order chi connectivity index (χ0) is 22.7. The van der Waals surface area contributed by atoms with Crippen molar-refractivity contribution in [3.05, 3.63) is 59.7 Å². The molecule has 0 spiro atoms. The molecular weight excluding hydrogens is 446 g/mol. The van der Waals surface area contributed by atoms with Crippen LogP contribution in [0.15, 0.2) is 47.5 Å². The van der Waals surface area contributed by atoms with Crippen molar-refractivity contribution in [2.24, 2.45) is 0 Å². The van der Waals surface area contributed by atoms with Crippen LogP contribution in [0, 0.1) is 5.82 Å². The zero-order valence-electron chi connectivity index (χ0n) is 18.5. The second-order valence-corrected chi connectivity index (χ2v) is 10.3. The zero-order valence-corrected chi connectivity index (χ0v) is 20.2. The molecule has 2 N–H and O–H groups in total. The van der Waals surface area contributed by atoms with Crippen LogP contribution in [0.1, 0.15) is 62.6 Å². The van der Waals surface area contributed by atoms with E-state index in [1.807, 2.05) is 36.2 Å². The predicted molar refractivity (Wildman–Crippen MR) is 127 cm³/mol. The standard InChI is InChI=1S/C24H32FN2O3PS/c25-21-8-6-20(7-9-21)24(12-1-2-13-24)14-3-4-17-32-23-11-10-22(27-19-23)18-26-15-5-16-30-31(28)29/h6-11,19,26H,1-5,12-18H2/p+1. The fraction of sp³-hybridized carbons (Fsp3) is 0.542. The summed E-state index contributed by atoms with van der Waals surface area (Å²) in [6.45, 7) is 1.65. The van der Waals surface area contributed by atoms with Crippen LogP contribution in [0.4, 0.5) is 4.39 Å². The maximum Gasteiger partial charge on any atom is 0.694 e. The summed E-state index contributed by atoms with van der Waals surface area (Å²) in [7, 11) is -2.50. The monoisotopic (exact) mass is 479 g/mol. The highest BCUT2D eigenvalue weighted by Crippen LogP contribution is 2.45. The summed E-state index contributed by atoms with van der Waals surface area (Å²) in [5.74, 6) is 0.923. The largest absolute Gasteiger partial charge is 0.694 e. The van der Waals surface area contributed by atoms with Crippen molar-refractivity contribution in [1.82, 2.24) is 10.3 Å². The van der Waals surface area contributed by atoms with Gasteiger partial charge in [0, 0.05) is 22.2 Å². The van der Waals surface area contributed by atoms with Crippen molar-refractivity contribution in [3.8, 4) is 0 Å². The predicted octanol–water partition coefficient (Wildman–Crippen LogP) is 6.14. The second-order valence-electron chi connectivity index (χ2n) is 8.39. The maximum absolute atomic E-state index is 13.3. The number of thioether (sulfide) groups is 1. The summed E-state index contributed by atoms with van der Waals surface area (Å²) in [6, 6.07) is 11.3. The van der Waals surface area contributed by atoms with E-state index in [9.17, 15) is 8.96 Å². The molecule has 2 aromatic rings. The van der Waals surface area contributed by atoms with Crippen LogP contribution < -0.4 is 5.32 Å². The molecule has 1 atom stereocenters. The Hall–Kier alpha value is -1.37. The minimum absolute atomic E-state index is 0.152. The van der Waals surface area contributed by atoms with Crippen LogP contribution >= 0.6 is 20.0 Å². The highest BCUT2D eigenvalue weighted by Gasteiger charge is 2.34. The van der Waals surface area contributed by atoms with Crippen LogP contribution in [0.3, 0.4) is 0 Å². The molecule has 1 fully saturated rings. The lowest BCUT2D eigenvalue weighted by molar-refractivity contribution is 0.276. The van der Waals surface area contributed by atoms with Gasteiger partial charge in [0.2, 0.25) is 0 Å². The van der Waals surface area contributed by atoms with E-state index >= 15 is 0 Å². The minimum Gasteiger partial charge on any atom is -0.311 e. The highest BCUT2D eigenvalue weighted by atomic mass is 32.2. The first-order valence-corrected chi connectivity index (χ1v) is 13.5. The van der Waals surface area contributed by atoms with E-state index in [0.717, 1.165) is 11.4 Å². The quantitative estimate of drug-likeness (QED) is 0.193. The first-order chi connectivity index (χ1) is 15.6. The summed E-state index contributed by atoms with van der Waals surface area (Å²) in [4.78, 5) is 14.3. The fourth-order valence-electron chi connectivity index (χ4n) is 4.45. The molecule has 1 aromatic carbocycles. The Morgan fingerprint density at radius 1 is 1.12 bits per heavy atom. The normalized spacial score (nSPS) is 15.8. The molecule has 5 nitrogen and oxygen atoms in total. The molecule has 174 valence electrons. The number of halogens is 1. The molecule has 0 bridgehead atoms.